The maximum absolute atomic E-state index is 11.2. The summed E-state index contributed by atoms with van der Waals surface area (Å²) in [6.45, 7) is 8.69. The van der Waals surface area contributed by atoms with Gasteiger partial charge in [-0.1, -0.05) is 32.9 Å². The molecule has 0 aromatic heterocycles. The topological polar surface area (TPSA) is 74.2 Å². The van der Waals surface area contributed by atoms with Crippen molar-refractivity contribution in [1.29, 1.82) is 0 Å². The van der Waals surface area contributed by atoms with E-state index in [9.17, 15) is 9.90 Å². The number of hydrogen-bond donors (Lipinski definition) is 1. The van der Waals surface area contributed by atoms with Crippen LogP contribution < -0.4 is 0 Å². The molecule has 164 valence electrons. The van der Waals surface area contributed by atoms with Crippen molar-refractivity contribution in [1.82, 2.24) is 0 Å². The van der Waals surface area contributed by atoms with Crippen LogP contribution in [0.15, 0.2) is 24.3 Å². The molecule has 1 saturated carbocycles. The maximum Gasteiger partial charge on any atom is 0.335 e. The number of rotatable bonds is 3. The lowest BCUT2D eigenvalue weighted by atomic mass is 9.56. The summed E-state index contributed by atoms with van der Waals surface area (Å²) in [5, 5.41) is 9.20. The third kappa shape index (κ3) is 2.88. The normalized spacial score (nSPS) is 46.0. The molecule has 6 nitrogen and oxygen atoms in total. The molecule has 5 fully saturated rings. The van der Waals surface area contributed by atoms with E-state index in [1.165, 1.54) is 6.42 Å². The lowest BCUT2D eigenvalue weighted by Crippen LogP contribution is -2.70. The van der Waals surface area contributed by atoms with E-state index in [4.69, 9.17) is 19.2 Å². The molecule has 4 aliphatic heterocycles. The molecule has 0 radical (unpaired) electrons. The molecule has 1 aliphatic carbocycles. The van der Waals surface area contributed by atoms with Crippen molar-refractivity contribution in [3.05, 3.63) is 35.4 Å². The van der Waals surface area contributed by atoms with Crippen LogP contribution in [0.1, 0.15) is 75.2 Å². The fraction of sp³-hybridized carbons (Fsp3) is 0.708. The predicted octanol–water partition coefficient (Wildman–Crippen LogP) is 4.74. The Bertz CT molecular complexity index is 823. The van der Waals surface area contributed by atoms with Crippen molar-refractivity contribution in [2.45, 2.75) is 83.1 Å². The second-order valence-corrected chi connectivity index (χ2v) is 10.1. The highest BCUT2D eigenvalue weighted by molar-refractivity contribution is 5.87. The molecule has 6 heteroatoms. The van der Waals surface area contributed by atoms with E-state index >= 15 is 0 Å². The Morgan fingerprint density at radius 1 is 1.10 bits per heavy atom. The monoisotopic (exact) mass is 416 g/mol. The van der Waals surface area contributed by atoms with Crippen LogP contribution in [0.4, 0.5) is 0 Å². The highest BCUT2D eigenvalue weighted by Gasteiger charge is 2.69. The minimum atomic E-state index is -0.908. The molecule has 4 saturated heterocycles. The Morgan fingerprint density at radius 3 is 2.53 bits per heavy atom. The molecule has 1 N–H and O–H groups in total. The molecule has 9 atom stereocenters. The second-order valence-electron chi connectivity index (χ2n) is 10.1. The molecular weight excluding hydrogens is 384 g/mol. The van der Waals surface area contributed by atoms with Crippen molar-refractivity contribution in [3.8, 4) is 0 Å². The molecular formula is C24H32O6. The number of aromatic carboxylic acids is 1. The summed E-state index contributed by atoms with van der Waals surface area (Å²) in [5.74, 6) is -0.101. The van der Waals surface area contributed by atoms with Gasteiger partial charge in [0, 0.05) is 18.3 Å². The van der Waals surface area contributed by atoms with Gasteiger partial charge < -0.3 is 14.6 Å². The Morgan fingerprint density at radius 2 is 1.83 bits per heavy atom. The summed E-state index contributed by atoms with van der Waals surface area (Å²) in [6.07, 6.45) is 3.60. The highest BCUT2D eigenvalue weighted by Crippen LogP contribution is 2.61. The quantitative estimate of drug-likeness (QED) is 0.718. The zero-order valence-electron chi connectivity index (χ0n) is 18.2. The third-order valence-corrected chi connectivity index (χ3v) is 8.39. The van der Waals surface area contributed by atoms with Gasteiger partial charge in [0.25, 0.3) is 0 Å². The second kappa shape index (κ2) is 7.02. The first kappa shape index (κ1) is 20.4. The van der Waals surface area contributed by atoms with Crippen LogP contribution in [0.3, 0.4) is 0 Å². The molecule has 6 rings (SSSR count). The SMILES string of the molecule is C[C@H]1[C@@H]([C@@H](C)c2ccc(C(=O)O)cc2)O[C@@H]2O[C@@]3(C)CC[C@H]4[C@H](C)CC[C@@H]1C24OO3. The van der Waals surface area contributed by atoms with E-state index in [0.29, 0.717) is 23.3 Å². The van der Waals surface area contributed by atoms with Gasteiger partial charge in [-0.25, -0.2) is 14.6 Å². The fourth-order valence-corrected chi connectivity index (χ4v) is 6.62. The van der Waals surface area contributed by atoms with Crippen LogP contribution in [0, 0.1) is 23.7 Å². The molecule has 1 spiro atoms. The minimum absolute atomic E-state index is 0.0399. The fourth-order valence-electron chi connectivity index (χ4n) is 6.62. The van der Waals surface area contributed by atoms with E-state index in [-0.39, 0.29) is 17.9 Å². The summed E-state index contributed by atoms with van der Waals surface area (Å²) in [6, 6.07) is 7.15. The molecule has 1 aromatic carbocycles. The van der Waals surface area contributed by atoms with Crippen LogP contribution >= 0.6 is 0 Å². The average Bonchev–Trinajstić information content (AvgIpc) is 2.96. The Kier molecular flexibility index (Phi) is 4.78. The van der Waals surface area contributed by atoms with E-state index in [2.05, 4.69) is 20.8 Å². The summed E-state index contributed by atoms with van der Waals surface area (Å²) in [7, 11) is 0. The summed E-state index contributed by atoms with van der Waals surface area (Å²) in [4.78, 5) is 23.3. The first-order valence-corrected chi connectivity index (χ1v) is 11.3. The van der Waals surface area contributed by atoms with E-state index < -0.39 is 23.6 Å². The zero-order chi connectivity index (χ0) is 21.3. The van der Waals surface area contributed by atoms with Gasteiger partial charge in [-0.2, -0.15) is 0 Å². The minimum Gasteiger partial charge on any atom is -0.478 e. The number of hydrogen-bond acceptors (Lipinski definition) is 5. The summed E-state index contributed by atoms with van der Waals surface area (Å²) < 4.78 is 13.2. The number of carboxylic acid groups (broad SMARTS) is 1. The highest BCUT2D eigenvalue weighted by atomic mass is 17.3. The molecule has 5 aliphatic rings. The number of carbonyl (C=O) groups is 1. The lowest BCUT2D eigenvalue weighted by Gasteiger charge is -2.61. The van der Waals surface area contributed by atoms with Gasteiger partial charge in [0.05, 0.1) is 11.7 Å². The third-order valence-electron chi connectivity index (χ3n) is 8.39. The Hall–Kier alpha value is -1.47. The molecule has 4 heterocycles. The Labute approximate surface area is 177 Å². The zero-order valence-corrected chi connectivity index (χ0v) is 18.2. The first-order valence-electron chi connectivity index (χ1n) is 11.3. The van der Waals surface area contributed by atoms with Gasteiger partial charge >= 0.3 is 5.97 Å². The van der Waals surface area contributed by atoms with Crippen LogP contribution in [-0.2, 0) is 19.2 Å². The molecule has 2 bridgehead atoms. The molecule has 0 amide bonds. The standard InChI is InChI=1S/C24H32O6/c1-13-5-10-19-15(3)20(14(2)16-6-8-17(9-7-16)21(25)26)27-22-24(19)18(13)11-12-23(4,28-22)29-30-24/h6-9,13-15,18-20,22H,5,10-12H2,1-4H3,(H,25,26)/t13-,14+,15-,18+,19+,20-,22-,23-,24?/m1/s1. The van der Waals surface area contributed by atoms with Crippen LogP contribution in [-0.4, -0.2) is 34.9 Å². The number of fused-ring (bicyclic) bond motifs is 2. The van der Waals surface area contributed by atoms with Crippen LogP contribution in [0.25, 0.3) is 0 Å². The lowest BCUT2D eigenvalue weighted by molar-refractivity contribution is -0.571. The van der Waals surface area contributed by atoms with Crippen LogP contribution in [0.5, 0.6) is 0 Å². The Balaban J connectivity index is 1.48. The number of carboxylic acids is 1. The van der Waals surface area contributed by atoms with E-state index in [1.807, 2.05) is 19.1 Å². The van der Waals surface area contributed by atoms with Crippen molar-refractivity contribution in [2.75, 3.05) is 0 Å². The first-order chi connectivity index (χ1) is 14.2. The van der Waals surface area contributed by atoms with Gasteiger partial charge in [0.1, 0.15) is 0 Å². The van der Waals surface area contributed by atoms with E-state index in [0.717, 1.165) is 24.8 Å². The number of benzene rings is 1. The molecule has 30 heavy (non-hydrogen) atoms. The summed E-state index contributed by atoms with van der Waals surface area (Å²) >= 11 is 0. The van der Waals surface area contributed by atoms with Crippen molar-refractivity contribution in [2.24, 2.45) is 23.7 Å². The summed E-state index contributed by atoms with van der Waals surface area (Å²) in [5.41, 5.74) is 0.835. The average molecular weight is 417 g/mol. The predicted molar refractivity (Wildman–Crippen MR) is 109 cm³/mol. The smallest absolute Gasteiger partial charge is 0.335 e. The van der Waals surface area contributed by atoms with Gasteiger partial charge in [-0.3, -0.25) is 0 Å². The van der Waals surface area contributed by atoms with Crippen molar-refractivity contribution in [3.63, 3.8) is 0 Å². The number of ether oxygens (including phenoxy) is 2. The van der Waals surface area contributed by atoms with Crippen molar-refractivity contribution >= 4 is 5.97 Å². The van der Waals surface area contributed by atoms with Crippen molar-refractivity contribution < 1.29 is 29.1 Å². The van der Waals surface area contributed by atoms with Gasteiger partial charge in [0.2, 0.25) is 5.79 Å². The largest absolute Gasteiger partial charge is 0.478 e. The van der Waals surface area contributed by atoms with Gasteiger partial charge in [0.15, 0.2) is 11.9 Å². The van der Waals surface area contributed by atoms with Gasteiger partial charge in [-0.15, -0.1) is 0 Å². The molecule has 1 unspecified atom stereocenters. The maximum atomic E-state index is 11.2. The van der Waals surface area contributed by atoms with E-state index in [1.54, 1.807) is 12.1 Å². The molecule has 1 aromatic rings. The van der Waals surface area contributed by atoms with Gasteiger partial charge in [-0.05, 0) is 61.6 Å². The van der Waals surface area contributed by atoms with Crippen LogP contribution in [0.2, 0.25) is 0 Å².